The second-order valence-electron chi connectivity index (χ2n) is 12.7. The Morgan fingerprint density at radius 1 is 0.696 bits per heavy atom. The summed E-state index contributed by atoms with van der Waals surface area (Å²) in [5.41, 5.74) is 13.3. The molecule has 0 aromatic heterocycles. The Balaban J connectivity index is 1.41. The van der Waals surface area contributed by atoms with Gasteiger partial charge in [0.25, 0.3) is 11.8 Å². The number of unbranched alkanes of at least 4 members (excludes halogenated alkanes) is 2. The smallest absolute Gasteiger partial charge is 0.266 e. The zero-order valence-electron chi connectivity index (χ0n) is 26.5. The Labute approximate surface area is 268 Å². The molecular weight excluding hydrogens is 568 g/mol. The molecule has 0 saturated heterocycles. The second-order valence-corrected chi connectivity index (χ2v) is 12.7. The Hall–Kier alpha value is -5.37. The summed E-state index contributed by atoms with van der Waals surface area (Å²) >= 11 is 0. The Bertz CT molecular complexity index is 2240. The summed E-state index contributed by atoms with van der Waals surface area (Å²) in [6.45, 7) is 8.90. The fourth-order valence-corrected chi connectivity index (χ4v) is 7.17. The number of carbonyl (C=O) groups is 2. The topological polar surface area (TPSA) is 86.1 Å². The molecule has 7 rings (SSSR count). The van der Waals surface area contributed by atoms with Gasteiger partial charge in [-0.2, -0.15) is 0 Å². The Morgan fingerprint density at radius 3 is 1.89 bits per heavy atom. The molecule has 226 valence electrons. The number of hydrogen-bond donors (Lipinski definition) is 0. The van der Waals surface area contributed by atoms with Crippen LogP contribution >= 0.6 is 0 Å². The van der Waals surface area contributed by atoms with E-state index in [-0.39, 0.29) is 23.7 Å². The van der Waals surface area contributed by atoms with E-state index in [2.05, 4.69) is 79.9 Å². The summed E-state index contributed by atoms with van der Waals surface area (Å²) in [6, 6.07) is 24.5. The van der Waals surface area contributed by atoms with Gasteiger partial charge in [-0.25, -0.2) is 4.90 Å². The highest BCUT2D eigenvalue weighted by atomic mass is 16.2. The molecule has 0 fully saturated rings. The molecule has 1 aliphatic heterocycles. The van der Waals surface area contributed by atoms with Crippen molar-refractivity contribution in [1.82, 2.24) is 0 Å². The highest BCUT2D eigenvalue weighted by Crippen LogP contribution is 2.46. The zero-order chi connectivity index (χ0) is 32.1. The molecule has 0 N–H and O–H groups in total. The van der Waals surface area contributed by atoms with Crippen molar-refractivity contribution in [2.75, 3.05) is 11.4 Å². The number of amides is 2. The molecule has 6 heteroatoms. The number of fused-ring (bicyclic) bond motifs is 2. The Kier molecular flexibility index (Phi) is 7.35. The molecule has 2 amide bonds. The summed E-state index contributed by atoms with van der Waals surface area (Å²) in [7, 11) is 0. The van der Waals surface area contributed by atoms with E-state index < -0.39 is 0 Å². The van der Waals surface area contributed by atoms with Crippen molar-refractivity contribution in [1.29, 1.82) is 0 Å². The van der Waals surface area contributed by atoms with Crippen molar-refractivity contribution in [2.24, 2.45) is 5.11 Å². The van der Waals surface area contributed by atoms with Gasteiger partial charge in [-0.1, -0.05) is 99.2 Å². The van der Waals surface area contributed by atoms with Gasteiger partial charge in [-0.05, 0) is 97.2 Å². The maximum absolute atomic E-state index is 14.4. The van der Waals surface area contributed by atoms with Crippen LogP contribution in [0.4, 0.5) is 5.69 Å². The van der Waals surface area contributed by atoms with Crippen LogP contribution in [0.3, 0.4) is 0 Å². The van der Waals surface area contributed by atoms with Crippen molar-refractivity contribution in [2.45, 2.75) is 58.8 Å². The van der Waals surface area contributed by atoms with Gasteiger partial charge >= 0.3 is 0 Å². The van der Waals surface area contributed by atoms with Crippen LogP contribution in [0.25, 0.3) is 53.5 Å². The molecule has 6 aromatic rings. The van der Waals surface area contributed by atoms with Crippen LogP contribution in [0.2, 0.25) is 0 Å². The Morgan fingerprint density at radius 2 is 1.26 bits per heavy atom. The molecule has 0 atom stereocenters. The summed E-state index contributed by atoms with van der Waals surface area (Å²) < 4.78 is 0. The van der Waals surface area contributed by atoms with Crippen molar-refractivity contribution in [3.05, 3.63) is 111 Å². The fourth-order valence-electron chi connectivity index (χ4n) is 7.17. The summed E-state index contributed by atoms with van der Waals surface area (Å²) in [4.78, 5) is 33.1. The third-order valence-electron chi connectivity index (χ3n) is 9.31. The molecule has 1 heterocycles. The highest BCUT2D eigenvalue weighted by molar-refractivity contribution is 6.42. The first-order chi connectivity index (χ1) is 22.3. The summed E-state index contributed by atoms with van der Waals surface area (Å²) in [5, 5.41) is 11.7. The molecule has 46 heavy (non-hydrogen) atoms. The van der Waals surface area contributed by atoms with E-state index in [1.54, 1.807) is 0 Å². The molecule has 0 spiro atoms. The van der Waals surface area contributed by atoms with Crippen LogP contribution < -0.4 is 4.90 Å². The minimum absolute atomic E-state index is 0.141. The van der Waals surface area contributed by atoms with Gasteiger partial charge < -0.3 is 0 Å². The van der Waals surface area contributed by atoms with Crippen LogP contribution in [0, 0.1) is 11.8 Å². The largest absolute Gasteiger partial charge is 0.268 e. The van der Waals surface area contributed by atoms with Gasteiger partial charge in [0.2, 0.25) is 0 Å². The van der Waals surface area contributed by atoms with Crippen molar-refractivity contribution < 1.29 is 9.59 Å². The predicted molar refractivity (Wildman–Crippen MR) is 188 cm³/mol. The van der Waals surface area contributed by atoms with Crippen molar-refractivity contribution in [3.63, 3.8) is 0 Å². The first-order valence-corrected chi connectivity index (χ1v) is 16.0. The van der Waals surface area contributed by atoms with Crippen molar-refractivity contribution >= 4 is 60.6 Å². The fraction of sp³-hybridized carbons (Fsp3) is 0.250. The van der Waals surface area contributed by atoms with Gasteiger partial charge in [-0.3, -0.25) is 9.59 Å². The second kappa shape index (κ2) is 11.5. The monoisotopic (exact) mass is 602 g/mol. The highest BCUT2D eigenvalue weighted by Gasteiger charge is 2.37. The summed E-state index contributed by atoms with van der Waals surface area (Å²) in [6.07, 6.45) is 2.43. The lowest BCUT2D eigenvalue weighted by molar-refractivity contribution is 0.0893. The quantitative estimate of drug-likeness (QED) is 0.0266. The van der Waals surface area contributed by atoms with Gasteiger partial charge in [0.1, 0.15) is 0 Å². The molecule has 6 aromatic carbocycles. The minimum Gasteiger partial charge on any atom is -0.268 e. The first kappa shape index (κ1) is 29.3. The maximum Gasteiger partial charge on any atom is 0.266 e. The van der Waals surface area contributed by atoms with E-state index >= 15 is 0 Å². The number of hydrogen-bond acceptors (Lipinski definition) is 3. The van der Waals surface area contributed by atoms with E-state index in [9.17, 15) is 9.59 Å². The summed E-state index contributed by atoms with van der Waals surface area (Å²) in [5.74, 6) is 6.41. The molecule has 0 saturated carbocycles. The van der Waals surface area contributed by atoms with E-state index in [0.29, 0.717) is 17.7 Å². The molecule has 0 radical (unpaired) electrons. The zero-order valence-corrected chi connectivity index (χ0v) is 26.5. The minimum atomic E-state index is -0.273. The number of azide groups is 1. The molecule has 6 nitrogen and oxygen atoms in total. The first-order valence-electron chi connectivity index (χ1n) is 16.0. The van der Waals surface area contributed by atoms with E-state index in [0.717, 1.165) is 84.7 Å². The number of imide groups is 1. The molecule has 0 aliphatic carbocycles. The van der Waals surface area contributed by atoms with Gasteiger partial charge in [-0.15, -0.1) is 0 Å². The molecule has 1 aliphatic rings. The SMILES string of the molecule is CC(C)c1cccc(C(C)C)c1N1C(=O)c2ccc3c4cccc5c(C#CCCCCN=[N+]=[N-])ccc(c6ccc(c2c36)C1=O)c54. The number of carbonyl (C=O) groups excluding carboxylic acids is 2. The molecule has 0 bridgehead atoms. The average Bonchev–Trinajstić information content (AvgIpc) is 3.06. The lowest BCUT2D eigenvalue weighted by Gasteiger charge is -2.32. The third kappa shape index (κ3) is 4.47. The van der Waals surface area contributed by atoms with Gasteiger partial charge in [0.15, 0.2) is 0 Å². The lowest BCUT2D eigenvalue weighted by Crippen LogP contribution is -2.41. The number of anilines is 1. The number of para-hydroxylation sites is 1. The standard InChI is InChI=1S/C40H34N4O2/c1-23(2)26-12-9-13-27(24(3)4)38(26)44-39(45)33-20-18-31-29-15-10-14-28-25(11-7-5-6-8-22-42-43-41)16-17-30(35(28)29)32-19-21-34(40(44)46)37(33)36(31)32/h9-10,12-21,23-24H,5-6,8,22H2,1-4H3. The number of nitrogens with zero attached hydrogens (tertiary/aromatic N) is 4. The maximum atomic E-state index is 14.4. The van der Waals surface area contributed by atoms with Crippen LogP contribution in [-0.4, -0.2) is 18.4 Å². The van der Waals surface area contributed by atoms with Crippen LogP contribution in [0.1, 0.15) is 96.2 Å². The third-order valence-corrected chi connectivity index (χ3v) is 9.31. The van der Waals surface area contributed by atoms with E-state index in [1.807, 2.05) is 42.5 Å². The van der Waals surface area contributed by atoms with Gasteiger partial charge in [0.05, 0.1) is 5.69 Å². The average molecular weight is 603 g/mol. The normalized spacial score (nSPS) is 13.0. The van der Waals surface area contributed by atoms with E-state index in [4.69, 9.17) is 5.53 Å². The predicted octanol–water partition coefficient (Wildman–Crippen LogP) is 10.6. The van der Waals surface area contributed by atoms with Crippen LogP contribution in [0.5, 0.6) is 0 Å². The number of benzene rings is 6. The van der Waals surface area contributed by atoms with E-state index in [1.165, 1.54) is 4.90 Å². The van der Waals surface area contributed by atoms with Crippen molar-refractivity contribution in [3.8, 4) is 11.8 Å². The van der Waals surface area contributed by atoms with Crippen LogP contribution in [-0.2, 0) is 0 Å². The number of rotatable bonds is 7. The molecule has 0 unspecified atom stereocenters. The van der Waals surface area contributed by atoms with Gasteiger partial charge in [0, 0.05) is 40.0 Å². The molecular formula is C40H34N4O2. The van der Waals surface area contributed by atoms with Crippen LogP contribution in [0.15, 0.2) is 77.9 Å². The lowest BCUT2D eigenvalue weighted by atomic mass is 9.83.